The van der Waals surface area contributed by atoms with Crippen LogP contribution in [0.3, 0.4) is 0 Å². The van der Waals surface area contributed by atoms with Gasteiger partial charge in [-0.25, -0.2) is 4.79 Å². The van der Waals surface area contributed by atoms with Crippen LogP contribution in [-0.2, 0) is 53.0 Å². The van der Waals surface area contributed by atoms with Crippen LogP contribution in [0.25, 0.3) is 0 Å². The van der Waals surface area contributed by atoms with Crippen molar-refractivity contribution in [3.8, 4) is 0 Å². The van der Waals surface area contributed by atoms with Gasteiger partial charge < -0.3 is 44.0 Å². The Morgan fingerprint density at radius 3 is 1.94 bits per heavy atom. The molecule has 3 aromatic rings. The molecule has 0 aromatic heterocycles. The molecule has 5 rings (SSSR count). The van der Waals surface area contributed by atoms with E-state index >= 15 is 0 Å². The molecule has 11 heteroatoms. The van der Waals surface area contributed by atoms with Crippen molar-refractivity contribution >= 4 is 12.1 Å². The molecular weight excluding hydrogens is 642 g/mol. The molecule has 3 aromatic carbocycles. The van der Waals surface area contributed by atoms with Gasteiger partial charge in [-0.05, 0) is 50.8 Å². The molecule has 270 valence electrons. The third-order valence-electron chi connectivity index (χ3n) is 8.89. The van der Waals surface area contributed by atoms with Crippen LogP contribution in [0.5, 0.6) is 0 Å². The number of ether oxygens (including phenoxy) is 6. The molecule has 1 saturated carbocycles. The Morgan fingerprint density at radius 1 is 0.860 bits per heavy atom. The van der Waals surface area contributed by atoms with Gasteiger partial charge in [-0.2, -0.15) is 0 Å². The van der Waals surface area contributed by atoms with Crippen molar-refractivity contribution in [1.29, 1.82) is 0 Å². The summed E-state index contributed by atoms with van der Waals surface area (Å²) >= 11 is 0. The topological polar surface area (TPSA) is 142 Å². The fourth-order valence-corrected chi connectivity index (χ4v) is 6.60. The first-order chi connectivity index (χ1) is 24.0. The largest absolute Gasteiger partial charge is 0.466 e. The Balaban J connectivity index is 1.54. The predicted octanol–water partition coefficient (Wildman–Crippen LogP) is 4.71. The summed E-state index contributed by atoms with van der Waals surface area (Å²) in [4.78, 5) is 26.7. The summed E-state index contributed by atoms with van der Waals surface area (Å²) in [6.45, 7) is 7.40. The van der Waals surface area contributed by atoms with E-state index in [2.05, 4.69) is 5.32 Å². The quantitative estimate of drug-likeness (QED) is 0.216. The Kier molecular flexibility index (Phi) is 12.7. The molecule has 1 aliphatic heterocycles. The summed E-state index contributed by atoms with van der Waals surface area (Å²) in [7, 11) is 0. The van der Waals surface area contributed by atoms with Gasteiger partial charge in [0.1, 0.15) is 35.6 Å². The van der Waals surface area contributed by atoms with Crippen LogP contribution in [0, 0.1) is 5.92 Å². The third kappa shape index (κ3) is 9.28. The number of amides is 1. The van der Waals surface area contributed by atoms with Gasteiger partial charge in [0, 0.05) is 0 Å². The lowest BCUT2D eigenvalue weighted by atomic mass is 9.65. The van der Waals surface area contributed by atoms with Gasteiger partial charge in [-0.3, -0.25) is 4.79 Å². The van der Waals surface area contributed by atoms with Crippen molar-refractivity contribution in [3.63, 3.8) is 0 Å². The lowest BCUT2D eigenvalue weighted by Gasteiger charge is -2.58. The maximum atomic E-state index is 13.4. The number of hydrogen-bond donors (Lipinski definition) is 3. The number of aliphatic hydroxyl groups excluding tert-OH is 1. The first-order valence-electron chi connectivity index (χ1n) is 17.1. The van der Waals surface area contributed by atoms with Gasteiger partial charge in [0.05, 0.1) is 51.1 Å². The van der Waals surface area contributed by atoms with Crippen molar-refractivity contribution in [2.24, 2.45) is 5.92 Å². The van der Waals surface area contributed by atoms with E-state index in [-0.39, 0.29) is 39.5 Å². The highest BCUT2D eigenvalue weighted by Gasteiger charge is 2.67. The molecule has 2 fully saturated rings. The molecule has 1 amide bonds. The van der Waals surface area contributed by atoms with E-state index in [4.69, 9.17) is 28.4 Å². The second kappa shape index (κ2) is 16.9. The lowest BCUT2D eigenvalue weighted by molar-refractivity contribution is -0.337. The van der Waals surface area contributed by atoms with Crippen molar-refractivity contribution in [1.82, 2.24) is 5.32 Å². The van der Waals surface area contributed by atoms with Gasteiger partial charge >= 0.3 is 12.1 Å². The standard InChI is InChI=1S/C39H49NO10/c1-5-46-36(42)29-21-31(41)39(44)34(32(29)40-37(43)50-38(2,3)4)49-30(25-45-22-26-15-9-6-10-16-26)33(47-23-27-17-11-7-12-18-27)35(39)48-24-28-19-13-8-14-20-28/h6-20,29-35,41,44H,5,21-25H2,1-4H3,(H,40,43)/t29-,30-,31+,32+,33+,34+,35+,39+/m1/s1. The van der Waals surface area contributed by atoms with Gasteiger partial charge in [0.25, 0.3) is 0 Å². The molecule has 0 spiro atoms. The smallest absolute Gasteiger partial charge is 0.407 e. The van der Waals surface area contributed by atoms with Crippen LogP contribution in [-0.4, -0.2) is 83.3 Å². The van der Waals surface area contributed by atoms with E-state index in [1.54, 1.807) is 27.7 Å². The zero-order valence-electron chi connectivity index (χ0n) is 29.1. The number of esters is 1. The van der Waals surface area contributed by atoms with E-state index in [1.165, 1.54) is 0 Å². The number of alkyl carbamates (subject to hydrolysis) is 1. The van der Waals surface area contributed by atoms with Gasteiger partial charge in [0.2, 0.25) is 0 Å². The molecular formula is C39H49NO10. The zero-order valence-corrected chi connectivity index (χ0v) is 29.1. The molecule has 0 radical (unpaired) electrons. The average Bonchev–Trinajstić information content (AvgIpc) is 3.09. The summed E-state index contributed by atoms with van der Waals surface area (Å²) in [5.41, 5.74) is -0.362. The van der Waals surface area contributed by atoms with E-state index in [0.717, 1.165) is 16.7 Å². The summed E-state index contributed by atoms with van der Waals surface area (Å²) in [5, 5.41) is 27.4. The molecule has 50 heavy (non-hydrogen) atoms. The van der Waals surface area contributed by atoms with Crippen LogP contribution in [0.15, 0.2) is 91.0 Å². The van der Waals surface area contributed by atoms with Crippen LogP contribution >= 0.6 is 0 Å². The monoisotopic (exact) mass is 691 g/mol. The summed E-state index contributed by atoms with van der Waals surface area (Å²) in [6, 6.07) is 27.4. The Hall–Kier alpha value is -3.84. The average molecular weight is 692 g/mol. The van der Waals surface area contributed by atoms with Gasteiger partial charge in [0.15, 0.2) is 0 Å². The number of fused-ring (bicyclic) bond motifs is 1. The molecule has 1 heterocycles. The van der Waals surface area contributed by atoms with Crippen LogP contribution < -0.4 is 5.32 Å². The minimum Gasteiger partial charge on any atom is -0.466 e. The number of rotatable bonds is 13. The fraction of sp³-hybridized carbons (Fsp3) is 0.487. The second-order valence-corrected chi connectivity index (χ2v) is 13.7. The fourth-order valence-electron chi connectivity index (χ4n) is 6.60. The Labute approximate surface area is 293 Å². The lowest BCUT2D eigenvalue weighted by Crippen LogP contribution is -2.79. The van der Waals surface area contributed by atoms with Crippen molar-refractivity contribution < 1.29 is 48.2 Å². The predicted molar refractivity (Wildman–Crippen MR) is 184 cm³/mol. The van der Waals surface area contributed by atoms with E-state index < -0.39 is 65.7 Å². The normalized spacial score (nSPS) is 27.9. The maximum Gasteiger partial charge on any atom is 0.407 e. The molecule has 11 nitrogen and oxygen atoms in total. The number of carbonyl (C=O) groups is 2. The number of carbonyl (C=O) groups excluding carboxylic acids is 2. The van der Waals surface area contributed by atoms with Crippen LogP contribution in [0.1, 0.15) is 50.8 Å². The molecule has 0 bridgehead atoms. The van der Waals surface area contributed by atoms with Crippen LogP contribution in [0.2, 0.25) is 0 Å². The highest BCUT2D eigenvalue weighted by Crippen LogP contribution is 2.45. The minimum absolute atomic E-state index is 0.00541. The molecule has 1 saturated heterocycles. The summed E-state index contributed by atoms with van der Waals surface area (Å²) < 4.78 is 36.9. The third-order valence-corrected chi connectivity index (χ3v) is 8.89. The second-order valence-electron chi connectivity index (χ2n) is 13.7. The first-order valence-corrected chi connectivity index (χ1v) is 17.1. The van der Waals surface area contributed by atoms with E-state index in [1.807, 2.05) is 91.0 Å². The Bertz CT molecular complexity index is 1500. The zero-order chi connectivity index (χ0) is 35.7. The molecule has 3 N–H and O–H groups in total. The molecule has 2 aliphatic rings. The van der Waals surface area contributed by atoms with E-state index in [0.29, 0.717) is 0 Å². The SMILES string of the molecule is CCOC(=O)[C@@H]1C[C@H](O)[C@]2(O)[C@@H](O[C@H](COCc3ccccc3)[C@H](OCc3ccccc3)[C@@H]2OCc2ccccc2)[C@H]1NC(=O)OC(C)(C)C. The number of aliphatic hydroxyl groups is 2. The number of benzene rings is 3. The van der Waals surface area contributed by atoms with Crippen LogP contribution in [0.4, 0.5) is 4.79 Å². The highest BCUT2D eigenvalue weighted by molar-refractivity contribution is 5.76. The van der Waals surface area contributed by atoms with Crippen molar-refractivity contribution in [2.45, 2.75) is 102 Å². The van der Waals surface area contributed by atoms with Gasteiger partial charge in [-0.1, -0.05) is 91.0 Å². The summed E-state index contributed by atoms with van der Waals surface area (Å²) in [6.07, 6.45) is -6.99. The number of hydrogen-bond acceptors (Lipinski definition) is 10. The molecule has 0 unspecified atom stereocenters. The Morgan fingerprint density at radius 2 is 1.40 bits per heavy atom. The van der Waals surface area contributed by atoms with Gasteiger partial charge in [-0.15, -0.1) is 0 Å². The minimum atomic E-state index is -2.16. The molecule has 1 aliphatic carbocycles. The summed E-state index contributed by atoms with van der Waals surface area (Å²) in [5.74, 6) is -1.73. The highest BCUT2D eigenvalue weighted by atomic mass is 16.6. The van der Waals surface area contributed by atoms with E-state index in [9.17, 15) is 19.8 Å². The van der Waals surface area contributed by atoms with Crippen molar-refractivity contribution in [2.75, 3.05) is 13.2 Å². The maximum absolute atomic E-state index is 13.4. The molecule has 8 atom stereocenters. The number of nitrogens with one attached hydrogen (secondary N) is 1. The van der Waals surface area contributed by atoms with Crippen molar-refractivity contribution in [3.05, 3.63) is 108 Å². The first kappa shape index (κ1) is 37.4.